The lowest BCUT2D eigenvalue weighted by atomic mass is 9.63. The molecular weight excluding hydrogens is 614 g/mol. The average molecular weight is 661 g/mol. The van der Waals surface area contributed by atoms with E-state index in [9.17, 15) is 23.5 Å². The molecule has 2 aromatic carbocycles. The molecule has 0 bridgehead atoms. The number of carbonyl (C=O) groups excluding carboxylic acids is 2. The second-order valence-corrected chi connectivity index (χ2v) is 12.5. The number of hydrogen-bond acceptors (Lipinski definition) is 6. The molecule has 1 aromatic heterocycles. The Morgan fingerprint density at radius 2 is 1.75 bits per heavy atom. The highest BCUT2D eigenvalue weighted by Gasteiger charge is 2.48. The zero-order chi connectivity index (χ0) is 34.8. The fraction of sp³-hybridized carbons (Fsp3) is 0.395. The first-order valence-electron chi connectivity index (χ1n) is 16.4. The first-order chi connectivity index (χ1) is 23.0. The van der Waals surface area contributed by atoms with E-state index in [-0.39, 0.29) is 30.9 Å². The second kappa shape index (κ2) is 16.6. The smallest absolute Gasteiger partial charge is 0.249 e. The fourth-order valence-corrected chi connectivity index (χ4v) is 6.60. The molecule has 0 fully saturated rings. The third-order valence-electron chi connectivity index (χ3n) is 8.77. The van der Waals surface area contributed by atoms with Crippen molar-refractivity contribution in [2.75, 3.05) is 26.7 Å². The predicted octanol–water partition coefficient (Wildman–Crippen LogP) is 5.74. The van der Waals surface area contributed by atoms with Crippen LogP contribution in [-0.2, 0) is 22.6 Å². The highest BCUT2D eigenvalue weighted by atomic mass is 19.1. The van der Waals surface area contributed by atoms with E-state index < -0.39 is 35.0 Å². The summed E-state index contributed by atoms with van der Waals surface area (Å²) < 4.78 is 33.8. The van der Waals surface area contributed by atoms with Crippen LogP contribution >= 0.6 is 0 Å². The van der Waals surface area contributed by atoms with Gasteiger partial charge in [0.05, 0.1) is 18.6 Å². The molecule has 0 saturated heterocycles. The van der Waals surface area contributed by atoms with Gasteiger partial charge < -0.3 is 25.8 Å². The molecule has 1 aliphatic rings. The normalized spacial score (nSPS) is 17.2. The van der Waals surface area contributed by atoms with E-state index in [1.54, 1.807) is 43.3 Å². The number of amides is 2. The molecule has 0 radical (unpaired) electrons. The van der Waals surface area contributed by atoms with Crippen LogP contribution in [-0.4, -0.2) is 59.7 Å². The molecule has 256 valence electrons. The number of nitrogens with zero attached hydrogens (tertiary/aromatic N) is 2. The number of nitrogens with one attached hydrogen (secondary N) is 1. The molecule has 4 rings (SSSR count). The lowest BCUT2D eigenvalue weighted by molar-refractivity contribution is -0.132. The summed E-state index contributed by atoms with van der Waals surface area (Å²) in [6.07, 6.45) is 5.45. The Morgan fingerprint density at radius 3 is 2.35 bits per heavy atom. The molecule has 0 spiro atoms. The van der Waals surface area contributed by atoms with Crippen molar-refractivity contribution in [3.63, 3.8) is 0 Å². The van der Waals surface area contributed by atoms with Gasteiger partial charge in [0.2, 0.25) is 17.7 Å². The number of rotatable bonds is 16. The number of allylic oxidation sites excluding steroid dienone is 2. The summed E-state index contributed by atoms with van der Waals surface area (Å²) in [5, 5.41) is 15.1. The van der Waals surface area contributed by atoms with Crippen molar-refractivity contribution in [2.45, 2.75) is 59.1 Å². The van der Waals surface area contributed by atoms with Crippen molar-refractivity contribution in [3.8, 4) is 17.0 Å². The van der Waals surface area contributed by atoms with E-state index in [2.05, 4.69) is 10.3 Å². The van der Waals surface area contributed by atoms with Crippen molar-refractivity contribution in [2.24, 2.45) is 17.1 Å². The van der Waals surface area contributed by atoms with Gasteiger partial charge in [0.15, 0.2) is 0 Å². The Kier molecular flexibility index (Phi) is 12.6. The summed E-state index contributed by atoms with van der Waals surface area (Å²) in [6, 6.07) is 14.7. The summed E-state index contributed by atoms with van der Waals surface area (Å²) in [6.45, 7) is 7.33. The number of methoxy groups -OCH3 is 1. The summed E-state index contributed by atoms with van der Waals surface area (Å²) in [4.78, 5) is 33.3. The molecule has 0 saturated carbocycles. The topological polar surface area (TPSA) is 118 Å². The zero-order valence-corrected chi connectivity index (χ0v) is 28.1. The first kappa shape index (κ1) is 36.4. The maximum atomic E-state index is 14.3. The highest BCUT2D eigenvalue weighted by Crippen LogP contribution is 2.44. The molecule has 2 amide bonds. The second-order valence-electron chi connectivity index (χ2n) is 12.5. The Hall–Kier alpha value is -4.41. The van der Waals surface area contributed by atoms with Crippen LogP contribution in [0.25, 0.3) is 11.1 Å². The Labute approximate surface area is 281 Å². The van der Waals surface area contributed by atoms with Crippen LogP contribution in [0.15, 0.2) is 84.1 Å². The number of halogens is 2. The summed E-state index contributed by atoms with van der Waals surface area (Å²) in [5.41, 5.74) is 8.80. The summed E-state index contributed by atoms with van der Waals surface area (Å²) in [5.74, 6) is -2.84. The molecule has 4 N–H and O–H groups in total. The summed E-state index contributed by atoms with van der Waals surface area (Å²) >= 11 is 0. The summed E-state index contributed by atoms with van der Waals surface area (Å²) in [7, 11) is 1.56. The molecule has 1 aliphatic carbocycles. The van der Waals surface area contributed by atoms with Gasteiger partial charge >= 0.3 is 0 Å². The van der Waals surface area contributed by atoms with Crippen LogP contribution in [0.2, 0.25) is 0 Å². The van der Waals surface area contributed by atoms with Gasteiger partial charge in [-0.3, -0.25) is 9.59 Å². The number of ether oxygens (including phenoxy) is 1. The standard InChI is InChI=1S/C38H46F2N4O4/c1-5-12-44(13-6-2)36(46)30-14-25(3)20-38(21-30,37(41)47)33(18-27-16-31(39)19-32(40)17-27)34(45)24-42-22-26-8-7-9-28(15-26)29-10-11-35(48-4)43-23-29/h7-11,14-17,19-20,23,33-34,42,45H,5-6,12-13,18,21-22,24H2,1-4H3,(H2,41,47)/t33-,34+,38?/m1/s1. The maximum Gasteiger partial charge on any atom is 0.249 e. The monoisotopic (exact) mass is 660 g/mol. The lowest BCUT2D eigenvalue weighted by Crippen LogP contribution is -2.51. The van der Waals surface area contributed by atoms with Gasteiger partial charge in [-0.1, -0.05) is 49.8 Å². The van der Waals surface area contributed by atoms with Gasteiger partial charge in [0.25, 0.3) is 0 Å². The quantitative estimate of drug-likeness (QED) is 0.180. The van der Waals surface area contributed by atoms with Crippen molar-refractivity contribution < 1.29 is 28.2 Å². The fourth-order valence-electron chi connectivity index (χ4n) is 6.60. The van der Waals surface area contributed by atoms with Gasteiger partial charge in [-0.2, -0.15) is 0 Å². The minimum absolute atomic E-state index is 0.0418. The van der Waals surface area contributed by atoms with E-state index in [4.69, 9.17) is 10.5 Å². The number of aliphatic hydroxyl groups excluding tert-OH is 1. The molecule has 1 heterocycles. The molecule has 3 atom stereocenters. The number of hydrogen-bond donors (Lipinski definition) is 3. The van der Waals surface area contributed by atoms with Crippen LogP contribution in [0.4, 0.5) is 8.78 Å². The number of aliphatic hydroxyl groups is 1. The van der Waals surface area contributed by atoms with Gasteiger partial charge in [0, 0.05) is 61.6 Å². The first-order valence-corrected chi connectivity index (χ1v) is 16.4. The van der Waals surface area contributed by atoms with Gasteiger partial charge in [-0.05, 0) is 73.6 Å². The molecule has 0 aliphatic heterocycles. The Bertz CT molecular complexity index is 1620. The van der Waals surface area contributed by atoms with Crippen LogP contribution in [0.5, 0.6) is 5.88 Å². The van der Waals surface area contributed by atoms with E-state index in [0.29, 0.717) is 36.7 Å². The van der Waals surface area contributed by atoms with Gasteiger partial charge in [0.1, 0.15) is 11.6 Å². The number of primary amides is 1. The molecule has 1 unspecified atom stereocenters. The molecule has 48 heavy (non-hydrogen) atoms. The number of nitrogens with two attached hydrogens (primary N) is 1. The molecule has 10 heteroatoms. The van der Waals surface area contributed by atoms with Crippen molar-refractivity contribution >= 4 is 11.8 Å². The number of carbonyl (C=O) groups is 2. The van der Waals surface area contributed by atoms with Crippen molar-refractivity contribution in [3.05, 3.63) is 107 Å². The van der Waals surface area contributed by atoms with Crippen molar-refractivity contribution in [1.29, 1.82) is 0 Å². The lowest BCUT2D eigenvalue weighted by Gasteiger charge is -2.42. The van der Waals surface area contributed by atoms with Crippen molar-refractivity contribution in [1.82, 2.24) is 15.2 Å². The maximum absolute atomic E-state index is 14.3. The van der Waals surface area contributed by atoms with Crippen LogP contribution in [0.3, 0.4) is 0 Å². The molecule has 8 nitrogen and oxygen atoms in total. The van der Waals surface area contributed by atoms with Gasteiger partial charge in [-0.25, -0.2) is 13.8 Å². The van der Waals surface area contributed by atoms with Crippen LogP contribution < -0.4 is 15.8 Å². The van der Waals surface area contributed by atoms with Gasteiger partial charge in [-0.15, -0.1) is 0 Å². The van der Waals surface area contributed by atoms with E-state index in [1.165, 1.54) is 12.1 Å². The van der Waals surface area contributed by atoms with E-state index in [0.717, 1.165) is 35.6 Å². The number of pyridine rings is 1. The minimum Gasteiger partial charge on any atom is -0.481 e. The minimum atomic E-state index is -1.50. The number of benzene rings is 2. The third-order valence-corrected chi connectivity index (χ3v) is 8.77. The average Bonchev–Trinajstić information content (AvgIpc) is 3.06. The largest absolute Gasteiger partial charge is 0.481 e. The number of aromatic nitrogens is 1. The molecular formula is C38H46F2N4O4. The van der Waals surface area contributed by atoms with E-state index >= 15 is 0 Å². The van der Waals surface area contributed by atoms with E-state index in [1.807, 2.05) is 44.2 Å². The Morgan fingerprint density at radius 1 is 1.04 bits per heavy atom. The SMILES string of the molecule is CCCN(CCC)C(=O)C1=CC(C)=CC(C(N)=O)([C@H](Cc2cc(F)cc(F)c2)[C@@H](O)CNCc2cccc(-c3ccc(OC)nc3)c2)C1. The third kappa shape index (κ3) is 8.93. The predicted molar refractivity (Wildman–Crippen MR) is 183 cm³/mol. The Balaban J connectivity index is 1.62. The van der Waals surface area contributed by atoms with Crippen LogP contribution in [0, 0.1) is 23.0 Å². The zero-order valence-electron chi connectivity index (χ0n) is 28.1. The van der Waals surface area contributed by atoms with Crippen LogP contribution in [0.1, 0.15) is 51.2 Å². The molecule has 3 aromatic rings. The highest BCUT2D eigenvalue weighted by molar-refractivity contribution is 5.97.